The van der Waals surface area contributed by atoms with E-state index >= 15 is 0 Å². The van der Waals surface area contributed by atoms with E-state index in [9.17, 15) is 4.79 Å². The van der Waals surface area contributed by atoms with Gasteiger partial charge in [-0.2, -0.15) is 4.98 Å². The number of primary amides is 1. The van der Waals surface area contributed by atoms with Crippen molar-refractivity contribution in [3.8, 4) is 0 Å². The lowest BCUT2D eigenvalue weighted by molar-refractivity contribution is -0.119. The fraction of sp³-hybridized carbons (Fsp3) is 0.308. The number of halogens is 1. The van der Waals surface area contributed by atoms with Gasteiger partial charge in [0.05, 0.1) is 5.52 Å². The van der Waals surface area contributed by atoms with Crippen LogP contribution in [-0.2, 0) is 4.79 Å². The molecule has 1 saturated heterocycles. The highest BCUT2D eigenvalue weighted by Crippen LogP contribution is 2.30. The standard InChI is InChI=1S/C13H13ClN4O/c14-13-16-9-5-2-1-4-8(9)12(17-13)18-7-3-6-10(18)11(15)19/h1-2,4-5,10H,3,6-7H2,(H2,15,19)/t10-/m0/s1. The number of hydrogen-bond donors (Lipinski definition) is 1. The number of fused-ring (bicyclic) bond motifs is 1. The van der Waals surface area contributed by atoms with Crippen molar-refractivity contribution in [2.75, 3.05) is 11.4 Å². The maximum absolute atomic E-state index is 11.5. The van der Waals surface area contributed by atoms with Gasteiger partial charge in [0.1, 0.15) is 11.9 Å². The van der Waals surface area contributed by atoms with Crippen molar-refractivity contribution in [2.45, 2.75) is 18.9 Å². The minimum absolute atomic E-state index is 0.184. The van der Waals surface area contributed by atoms with E-state index in [1.165, 1.54) is 0 Å². The van der Waals surface area contributed by atoms with Crippen LogP contribution in [0.4, 0.5) is 5.82 Å². The molecule has 6 heteroatoms. The SMILES string of the molecule is NC(=O)[C@@H]1CCCN1c1nc(Cl)nc2ccccc12. The quantitative estimate of drug-likeness (QED) is 0.848. The molecule has 1 aliphatic heterocycles. The average Bonchev–Trinajstić information content (AvgIpc) is 2.86. The first kappa shape index (κ1) is 12.2. The largest absolute Gasteiger partial charge is 0.368 e. The Bertz CT molecular complexity index is 646. The van der Waals surface area contributed by atoms with Crippen molar-refractivity contribution in [1.82, 2.24) is 9.97 Å². The summed E-state index contributed by atoms with van der Waals surface area (Å²) in [5.74, 6) is 0.369. The van der Waals surface area contributed by atoms with Crippen LogP contribution in [0, 0.1) is 0 Å². The molecule has 1 aromatic carbocycles. The van der Waals surface area contributed by atoms with Gasteiger partial charge < -0.3 is 10.6 Å². The van der Waals surface area contributed by atoms with Crippen LogP contribution in [0.3, 0.4) is 0 Å². The van der Waals surface area contributed by atoms with Crippen LogP contribution < -0.4 is 10.6 Å². The summed E-state index contributed by atoms with van der Waals surface area (Å²) in [5.41, 5.74) is 6.22. The van der Waals surface area contributed by atoms with Gasteiger partial charge in [-0.3, -0.25) is 4.79 Å². The lowest BCUT2D eigenvalue weighted by Crippen LogP contribution is -2.40. The van der Waals surface area contributed by atoms with Gasteiger partial charge in [0.2, 0.25) is 11.2 Å². The maximum atomic E-state index is 11.5. The number of aromatic nitrogens is 2. The number of carbonyl (C=O) groups excluding carboxylic acids is 1. The van der Waals surface area contributed by atoms with E-state index in [1.807, 2.05) is 29.2 Å². The average molecular weight is 277 g/mol. The molecule has 1 aromatic heterocycles. The normalized spacial score (nSPS) is 19.0. The van der Waals surface area contributed by atoms with Gasteiger partial charge in [-0.15, -0.1) is 0 Å². The van der Waals surface area contributed by atoms with E-state index in [0.29, 0.717) is 5.82 Å². The molecule has 0 bridgehead atoms. The molecular weight excluding hydrogens is 264 g/mol. The monoisotopic (exact) mass is 276 g/mol. The fourth-order valence-corrected chi connectivity index (χ4v) is 2.74. The van der Waals surface area contributed by atoms with E-state index in [0.717, 1.165) is 30.3 Å². The van der Waals surface area contributed by atoms with Gasteiger partial charge in [0.25, 0.3) is 0 Å². The number of hydrogen-bond acceptors (Lipinski definition) is 4. The fourth-order valence-electron chi connectivity index (χ4n) is 2.57. The molecule has 0 unspecified atom stereocenters. The smallest absolute Gasteiger partial charge is 0.240 e. The van der Waals surface area contributed by atoms with Crippen LogP contribution >= 0.6 is 11.6 Å². The van der Waals surface area contributed by atoms with Gasteiger partial charge in [-0.05, 0) is 36.6 Å². The van der Waals surface area contributed by atoms with E-state index in [2.05, 4.69) is 9.97 Å². The predicted molar refractivity (Wildman–Crippen MR) is 74.1 cm³/mol. The first-order chi connectivity index (χ1) is 9.16. The number of benzene rings is 1. The number of amides is 1. The number of carbonyl (C=O) groups is 1. The molecule has 1 amide bonds. The van der Waals surface area contributed by atoms with Crippen LogP contribution in [0.1, 0.15) is 12.8 Å². The molecule has 2 aromatic rings. The van der Waals surface area contributed by atoms with Crippen molar-refractivity contribution in [3.63, 3.8) is 0 Å². The summed E-state index contributed by atoms with van der Waals surface area (Å²) in [5, 5.41) is 1.07. The summed E-state index contributed by atoms with van der Waals surface area (Å²) >= 11 is 5.96. The van der Waals surface area contributed by atoms with E-state index in [4.69, 9.17) is 17.3 Å². The molecule has 5 nitrogen and oxygen atoms in total. The number of para-hydroxylation sites is 1. The molecule has 2 heterocycles. The number of nitrogens with zero attached hydrogens (tertiary/aromatic N) is 3. The van der Waals surface area contributed by atoms with Gasteiger partial charge in [-0.1, -0.05) is 12.1 Å². The minimum atomic E-state index is -0.323. The molecule has 3 rings (SSSR count). The first-order valence-corrected chi connectivity index (χ1v) is 6.53. The predicted octanol–water partition coefficient (Wildman–Crippen LogP) is 1.74. The Morgan fingerprint density at radius 1 is 1.37 bits per heavy atom. The summed E-state index contributed by atoms with van der Waals surface area (Å²) in [6.07, 6.45) is 1.68. The molecule has 0 spiro atoms. The Labute approximate surface area is 115 Å². The molecule has 0 radical (unpaired) electrons. The van der Waals surface area contributed by atoms with Gasteiger partial charge in [0, 0.05) is 11.9 Å². The van der Waals surface area contributed by atoms with Crippen molar-refractivity contribution in [1.29, 1.82) is 0 Å². The van der Waals surface area contributed by atoms with Crippen LogP contribution in [0.5, 0.6) is 0 Å². The molecule has 1 fully saturated rings. The van der Waals surface area contributed by atoms with Crippen molar-refractivity contribution in [2.24, 2.45) is 5.73 Å². The Morgan fingerprint density at radius 2 is 2.16 bits per heavy atom. The van der Waals surface area contributed by atoms with Crippen LogP contribution in [-0.4, -0.2) is 28.5 Å². The molecule has 0 saturated carbocycles. The molecule has 98 valence electrons. The second-order valence-electron chi connectivity index (χ2n) is 4.59. The zero-order valence-electron chi connectivity index (χ0n) is 10.2. The number of rotatable bonds is 2. The summed E-state index contributed by atoms with van der Waals surface area (Å²) in [6.45, 7) is 0.755. The zero-order valence-corrected chi connectivity index (χ0v) is 11.0. The number of nitrogens with two attached hydrogens (primary N) is 1. The van der Waals surface area contributed by atoms with Gasteiger partial charge in [0.15, 0.2) is 0 Å². The van der Waals surface area contributed by atoms with E-state index in [-0.39, 0.29) is 17.2 Å². The Morgan fingerprint density at radius 3 is 2.95 bits per heavy atom. The lowest BCUT2D eigenvalue weighted by atomic mass is 10.2. The topological polar surface area (TPSA) is 72.1 Å². The Balaban J connectivity index is 2.16. The molecule has 2 N–H and O–H groups in total. The second-order valence-corrected chi connectivity index (χ2v) is 4.93. The summed E-state index contributed by atoms with van der Waals surface area (Å²) in [6, 6.07) is 7.30. The van der Waals surface area contributed by atoms with Gasteiger partial charge in [-0.25, -0.2) is 4.98 Å². The lowest BCUT2D eigenvalue weighted by Gasteiger charge is -2.24. The molecule has 1 aliphatic rings. The summed E-state index contributed by atoms with van der Waals surface area (Å²) in [4.78, 5) is 21.9. The maximum Gasteiger partial charge on any atom is 0.240 e. The first-order valence-electron chi connectivity index (χ1n) is 6.15. The Hall–Kier alpha value is -1.88. The van der Waals surface area contributed by atoms with Crippen molar-refractivity contribution >= 4 is 34.2 Å². The number of anilines is 1. The molecule has 0 aliphatic carbocycles. The molecule has 19 heavy (non-hydrogen) atoms. The minimum Gasteiger partial charge on any atom is -0.368 e. The van der Waals surface area contributed by atoms with E-state index in [1.54, 1.807) is 0 Å². The summed E-state index contributed by atoms with van der Waals surface area (Å²) < 4.78 is 0. The van der Waals surface area contributed by atoms with Gasteiger partial charge >= 0.3 is 0 Å². The highest BCUT2D eigenvalue weighted by atomic mass is 35.5. The highest BCUT2D eigenvalue weighted by Gasteiger charge is 2.31. The summed E-state index contributed by atoms with van der Waals surface area (Å²) in [7, 11) is 0. The molecular formula is C13H13ClN4O. The van der Waals surface area contributed by atoms with Crippen molar-refractivity contribution in [3.05, 3.63) is 29.5 Å². The van der Waals surface area contributed by atoms with E-state index < -0.39 is 0 Å². The third kappa shape index (κ3) is 2.10. The Kier molecular flexibility index (Phi) is 2.98. The zero-order chi connectivity index (χ0) is 13.4. The third-order valence-corrected chi connectivity index (χ3v) is 3.58. The van der Waals surface area contributed by atoms with Crippen LogP contribution in [0.15, 0.2) is 24.3 Å². The second kappa shape index (κ2) is 4.66. The third-order valence-electron chi connectivity index (χ3n) is 3.41. The van der Waals surface area contributed by atoms with Crippen LogP contribution in [0.2, 0.25) is 5.28 Å². The molecule has 1 atom stereocenters. The van der Waals surface area contributed by atoms with Crippen LogP contribution in [0.25, 0.3) is 10.9 Å². The van der Waals surface area contributed by atoms with Crippen molar-refractivity contribution < 1.29 is 4.79 Å². The highest BCUT2D eigenvalue weighted by molar-refractivity contribution is 6.28.